The van der Waals surface area contributed by atoms with Crippen LogP contribution in [0.4, 0.5) is 5.69 Å². The van der Waals surface area contributed by atoms with E-state index in [1.54, 1.807) is 10.5 Å². The van der Waals surface area contributed by atoms with E-state index >= 15 is 0 Å². The molecule has 0 radical (unpaired) electrons. The van der Waals surface area contributed by atoms with E-state index in [0.717, 1.165) is 80.3 Å². The van der Waals surface area contributed by atoms with Gasteiger partial charge in [-0.1, -0.05) is 55.6 Å². The van der Waals surface area contributed by atoms with Crippen LogP contribution in [0.15, 0.2) is 65.6 Å². The molecule has 0 aliphatic carbocycles. The monoisotopic (exact) mass is 476 g/mol. The Labute approximate surface area is 204 Å². The zero-order valence-corrected chi connectivity index (χ0v) is 20.2. The number of aryl methyl sites for hydroxylation is 1. The van der Waals surface area contributed by atoms with Gasteiger partial charge in [-0.2, -0.15) is 0 Å². The molecule has 0 spiro atoms. The maximum Gasteiger partial charge on any atom is 0.259 e. The highest BCUT2D eigenvalue weighted by Gasteiger charge is 2.17. The van der Waals surface area contributed by atoms with E-state index in [1.165, 1.54) is 0 Å². The van der Waals surface area contributed by atoms with Crippen LogP contribution in [0.3, 0.4) is 0 Å². The van der Waals surface area contributed by atoms with Crippen LogP contribution in [0, 0.1) is 0 Å². The van der Waals surface area contributed by atoms with Gasteiger partial charge >= 0.3 is 0 Å². The Hall–Kier alpha value is -3.09. The van der Waals surface area contributed by atoms with Gasteiger partial charge in [-0.25, -0.2) is 4.98 Å². The smallest absolute Gasteiger partial charge is 0.259 e. The molecule has 0 N–H and O–H groups in total. The minimum absolute atomic E-state index is 0.0822. The lowest BCUT2D eigenvalue weighted by atomic mass is 10.1. The Morgan fingerprint density at radius 3 is 2.56 bits per heavy atom. The molecule has 2 aromatic heterocycles. The van der Waals surface area contributed by atoms with Gasteiger partial charge in [0.25, 0.3) is 5.56 Å². The van der Waals surface area contributed by atoms with Crippen molar-refractivity contribution < 1.29 is 4.74 Å². The summed E-state index contributed by atoms with van der Waals surface area (Å²) in [5.74, 6) is 0.667. The van der Waals surface area contributed by atoms with Crippen LogP contribution in [0.5, 0.6) is 0 Å². The highest BCUT2D eigenvalue weighted by atomic mass is 35.5. The average Bonchev–Trinajstić information content (AvgIpc) is 3.33. The van der Waals surface area contributed by atoms with E-state index in [1.807, 2.05) is 30.5 Å². The lowest BCUT2D eigenvalue weighted by molar-refractivity contribution is 0.122. The Bertz CT molecular complexity index is 1340. The van der Waals surface area contributed by atoms with Crippen molar-refractivity contribution in [2.45, 2.75) is 32.7 Å². The summed E-state index contributed by atoms with van der Waals surface area (Å²) in [6.07, 6.45) is 5.10. The van der Waals surface area contributed by atoms with Crippen LogP contribution in [0.2, 0.25) is 5.02 Å². The molecule has 1 aliphatic heterocycles. The summed E-state index contributed by atoms with van der Waals surface area (Å²) in [6.45, 7) is 6.21. The molecule has 34 heavy (non-hydrogen) atoms. The normalized spacial score (nSPS) is 14.1. The molecule has 0 bridgehead atoms. The number of aromatic nitrogens is 3. The number of fused-ring (bicyclic) bond motifs is 1. The third kappa shape index (κ3) is 4.61. The summed E-state index contributed by atoms with van der Waals surface area (Å²) in [6, 6.07) is 17.7. The van der Waals surface area contributed by atoms with Crippen molar-refractivity contribution in [3.05, 3.63) is 76.2 Å². The van der Waals surface area contributed by atoms with Gasteiger partial charge in [0.2, 0.25) is 5.78 Å². The van der Waals surface area contributed by atoms with Crippen LogP contribution >= 0.6 is 11.6 Å². The molecule has 0 atom stereocenters. The highest BCUT2D eigenvalue weighted by molar-refractivity contribution is 6.30. The van der Waals surface area contributed by atoms with Crippen molar-refractivity contribution >= 4 is 23.1 Å². The largest absolute Gasteiger partial charge is 0.378 e. The van der Waals surface area contributed by atoms with E-state index in [9.17, 15) is 4.79 Å². The second kappa shape index (κ2) is 10.0. The average molecular weight is 477 g/mol. The van der Waals surface area contributed by atoms with E-state index in [4.69, 9.17) is 21.3 Å². The molecule has 4 aromatic rings. The lowest BCUT2D eigenvalue weighted by Crippen LogP contribution is -2.36. The zero-order chi connectivity index (χ0) is 23.5. The van der Waals surface area contributed by atoms with Gasteiger partial charge in [-0.05, 0) is 30.7 Å². The van der Waals surface area contributed by atoms with Gasteiger partial charge in [-0.3, -0.25) is 9.20 Å². The lowest BCUT2D eigenvalue weighted by Gasteiger charge is -2.29. The van der Waals surface area contributed by atoms with Crippen LogP contribution in [-0.2, 0) is 11.3 Å². The SMILES string of the molecule is CCCCCn1c(-c2cccc(N3CCOCC3)c2)cc(=O)n2cc(-c3ccc(Cl)cc3)nc12. The predicted molar refractivity (Wildman–Crippen MR) is 138 cm³/mol. The maximum absolute atomic E-state index is 13.2. The van der Waals surface area contributed by atoms with Crippen molar-refractivity contribution in [1.29, 1.82) is 0 Å². The molecule has 1 aliphatic rings. The predicted octanol–water partition coefficient (Wildman–Crippen LogP) is 5.51. The van der Waals surface area contributed by atoms with Gasteiger partial charge in [-0.15, -0.1) is 0 Å². The number of ether oxygens (including phenoxy) is 1. The molecule has 1 fully saturated rings. The van der Waals surface area contributed by atoms with Crippen LogP contribution < -0.4 is 10.5 Å². The van der Waals surface area contributed by atoms with Gasteiger partial charge in [0.15, 0.2) is 0 Å². The van der Waals surface area contributed by atoms with Gasteiger partial charge in [0.05, 0.1) is 24.6 Å². The Morgan fingerprint density at radius 2 is 1.79 bits per heavy atom. The molecule has 1 saturated heterocycles. The van der Waals surface area contributed by atoms with Crippen molar-refractivity contribution in [3.8, 4) is 22.5 Å². The molecule has 3 heterocycles. The first-order chi connectivity index (χ1) is 16.6. The first-order valence-corrected chi connectivity index (χ1v) is 12.3. The van der Waals surface area contributed by atoms with Crippen molar-refractivity contribution in [3.63, 3.8) is 0 Å². The van der Waals surface area contributed by atoms with Crippen molar-refractivity contribution in [2.75, 3.05) is 31.2 Å². The number of nitrogens with zero attached hydrogens (tertiary/aromatic N) is 4. The second-order valence-corrected chi connectivity index (χ2v) is 9.12. The fourth-order valence-electron chi connectivity index (χ4n) is 4.52. The summed E-state index contributed by atoms with van der Waals surface area (Å²) in [5.41, 5.74) is 4.69. The first kappa shape index (κ1) is 22.7. The molecule has 0 unspecified atom stereocenters. The maximum atomic E-state index is 13.2. The van der Waals surface area contributed by atoms with Gasteiger partial charge < -0.3 is 14.2 Å². The highest BCUT2D eigenvalue weighted by Crippen LogP contribution is 2.28. The van der Waals surface area contributed by atoms with Gasteiger partial charge in [0.1, 0.15) is 0 Å². The fraction of sp³-hybridized carbons (Fsp3) is 0.333. The Kier molecular flexibility index (Phi) is 6.70. The number of rotatable bonds is 7. The van der Waals surface area contributed by atoms with Crippen LogP contribution in [0.25, 0.3) is 28.3 Å². The minimum Gasteiger partial charge on any atom is -0.378 e. The van der Waals surface area contributed by atoms with Crippen LogP contribution in [0.1, 0.15) is 26.2 Å². The number of hydrogen-bond donors (Lipinski definition) is 0. The third-order valence-corrected chi connectivity index (χ3v) is 6.61. The molecule has 0 saturated carbocycles. The third-order valence-electron chi connectivity index (χ3n) is 6.36. The summed E-state index contributed by atoms with van der Waals surface area (Å²) >= 11 is 6.07. The number of imidazole rings is 1. The van der Waals surface area contributed by atoms with Crippen LogP contribution in [-0.4, -0.2) is 40.3 Å². The summed E-state index contributed by atoms with van der Waals surface area (Å²) in [5, 5.41) is 0.675. The Balaban J connectivity index is 1.63. The fourth-order valence-corrected chi connectivity index (χ4v) is 4.64. The molecule has 7 heteroatoms. The van der Waals surface area contributed by atoms with E-state index < -0.39 is 0 Å². The van der Waals surface area contributed by atoms with E-state index in [2.05, 4.69) is 40.7 Å². The number of morpholine rings is 1. The molecule has 2 aromatic carbocycles. The van der Waals surface area contributed by atoms with Crippen molar-refractivity contribution in [2.24, 2.45) is 0 Å². The molecule has 176 valence electrons. The molecular weight excluding hydrogens is 448 g/mol. The van der Waals surface area contributed by atoms with Gasteiger partial charge in [0, 0.05) is 53.7 Å². The molecule has 0 amide bonds. The molecule has 6 nitrogen and oxygen atoms in total. The standard InChI is InChI=1S/C27H29ClN4O2/c1-2-3-4-12-31-25(21-6-5-7-23(17-21)30-13-15-34-16-14-30)18-26(33)32-19-24(29-27(31)32)20-8-10-22(28)11-9-20/h5-11,17-19H,2-4,12-16H2,1H3. The summed E-state index contributed by atoms with van der Waals surface area (Å²) < 4.78 is 9.36. The number of halogens is 1. The summed E-state index contributed by atoms with van der Waals surface area (Å²) in [7, 11) is 0. The topological polar surface area (TPSA) is 51.8 Å². The zero-order valence-electron chi connectivity index (χ0n) is 19.4. The number of benzene rings is 2. The van der Waals surface area contributed by atoms with E-state index in [-0.39, 0.29) is 5.56 Å². The van der Waals surface area contributed by atoms with E-state index in [0.29, 0.717) is 10.8 Å². The van der Waals surface area contributed by atoms with Crippen molar-refractivity contribution in [1.82, 2.24) is 14.0 Å². The minimum atomic E-state index is -0.0822. The number of unbranched alkanes of at least 4 members (excludes halogenated alkanes) is 2. The quantitative estimate of drug-likeness (QED) is 0.330. The second-order valence-electron chi connectivity index (χ2n) is 8.68. The number of anilines is 1. The molecular formula is C27H29ClN4O2. The first-order valence-electron chi connectivity index (χ1n) is 12.0. The summed E-state index contributed by atoms with van der Waals surface area (Å²) in [4.78, 5) is 20.4. The Morgan fingerprint density at radius 1 is 1.00 bits per heavy atom. The molecule has 5 rings (SSSR count). The number of hydrogen-bond acceptors (Lipinski definition) is 4.